The molecular weight excluding hydrogens is 321 g/mol. The van der Waals surface area contributed by atoms with Gasteiger partial charge in [0.1, 0.15) is 11.4 Å². The second-order valence-corrected chi connectivity index (χ2v) is 7.10. The first-order valence-corrected chi connectivity index (χ1v) is 8.16. The van der Waals surface area contributed by atoms with Crippen molar-refractivity contribution in [3.8, 4) is 0 Å². The minimum Gasteiger partial charge on any atom is -0.443 e. The lowest BCUT2D eigenvalue weighted by molar-refractivity contribution is -0.119. The highest BCUT2D eigenvalue weighted by molar-refractivity contribution is 6.19. The van der Waals surface area contributed by atoms with E-state index < -0.39 is 29.3 Å². The van der Waals surface area contributed by atoms with E-state index in [1.165, 1.54) is 18.2 Å². The van der Waals surface area contributed by atoms with Gasteiger partial charge >= 0.3 is 6.09 Å². The van der Waals surface area contributed by atoms with E-state index >= 15 is 0 Å². The molecule has 2 amide bonds. The molecule has 5 heteroatoms. The summed E-state index contributed by atoms with van der Waals surface area (Å²) in [7, 11) is 0. The molecule has 0 spiro atoms. The Balaban J connectivity index is 1.98. The van der Waals surface area contributed by atoms with Crippen molar-refractivity contribution in [2.75, 3.05) is 4.90 Å². The zero-order chi connectivity index (χ0) is 18.2. The van der Waals surface area contributed by atoms with Crippen LogP contribution in [-0.4, -0.2) is 17.6 Å². The van der Waals surface area contributed by atoms with Crippen LogP contribution in [0.1, 0.15) is 37.8 Å². The molecule has 1 unspecified atom stereocenters. The van der Waals surface area contributed by atoms with Crippen molar-refractivity contribution >= 4 is 17.7 Å². The van der Waals surface area contributed by atoms with Gasteiger partial charge in [-0.3, -0.25) is 4.79 Å². The minimum absolute atomic E-state index is 0.390. The molecule has 0 fully saturated rings. The van der Waals surface area contributed by atoms with Gasteiger partial charge < -0.3 is 4.74 Å². The molecule has 0 radical (unpaired) electrons. The summed E-state index contributed by atoms with van der Waals surface area (Å²) in [6.45, 7) is 5.20. The molecule has 130 valence electrons. The van der Waals surface area contributed by atoms with Gasteiger partial charge in [0.2, 0.25) is 5.91 Å². The summed E-state index contributed by atoms with van der Waals surface area (Å²) in [5.41, 5.74) is 1.12. The van der Waals surface area contributed by atoms with Crippen molar-refractivity contribution < 1.29 is 18.7 Å². The number of hydrogen-bond donors (Lipinski definition) is 0. The predicted octanol–water partition coefficient (Wildman–Crippen LogP) is 4.43. The molecule has 0 saturated heterocycles. The number of amides is 2. The van der Waals surface area contributed by atoms with Crippen LogP contribution in [0, 0.1) is 5.82 Å². The summed E-state index contributed by atoms with van der Waals surface area (Å²) in [5.74, 6) is -1.44. The van der Waals surface area contributed by atoms with Gasteiger partial charge in [-0.05, 0) is 56.5 Å². The molecule has 2 aromatic carbocycles. The van der Waals surface area contributed by atoms with Crippen molar-refractivity contribution in [1.29, 1.82) is 0 Å². The number of imide groups is 1. The largest absolute Gasteiger partial charge is 0.443 e. The standard InChI is InChI=1S/C20H20FNO3/c1-20(2,3)25-19(24)22-17-10-9-14(21)12-15(17)16(18(22)23)11-13-7-5-4-6-8-13/h4-10,12,16H,11H2,1-3H3. The van der Waals surface area contributed by atoms with Gasteiger partial charge in [0.05, 0.1) is 11.6 Å². The highest BCUT2D eigenvalue weighted by Gasteiger charge is 2.42. The average molecular weight is 341 g/mol. The quantitative estimate of drug-likeness (QED) is 0.811. The Kier molecular flexibility index (Phi) is 4.33. The first kappa shape index (κ1) is 17.1. The number of ether oxygens (including phenoxy) is 1. The molecule has 2 aromatic rings. The molecule has 1 heterocycles. The van der Waals surface area contributed by atoms with E-state index in [9.17, 15) is 14.0 Å². The third-order valence-electron chi connectivity index (χ3n) is 3.98. The number of hydrogen-bond acceptors (Lipinski definition) is 3. The maximum Gasteiger partial charge on any atom is 0.421 e. The first-order chi connectivity index (χ1) is 11.8. The zero-order valence-corrected chi connectivity index (χ0v) is 14.5. The lowest BCUT2D eigenvalue weighted by Gasteiger charge is -2.24. The van der Waals surface area contributed by atoms with Crippen LogP contribution in [0.2, 0.25) is 0 Å². The van der Waals surface area contributed by atoms with E-state index in [-0.39, 0.29) is 0 Å². The first-order valence-electron chi connectivity index (χ1n) is 8.16. The molecule has 4 nitrogen and oxygen atoms in total. The monoisotopic (exact) mass is 341 g/mol. The third-order valence-corrected chi connectivity index (χ3v) is 3.98. The number of anilines is 1. The van der Waals surface area contributed by atoms with Crippen LogP contribution in [0.3, 0.4) is 0 Å². The highest BCUT2D eigenvalue weighted by Crippen LogP contribution is 2.40. The smallest absolute Gasteiger partial charge is 0.421 e. The van der Waals surface area contributed by atoms with E-state index in [0.717, 1.165) is 10.5 Å². The maximum atomic E-state index is 13.8. The number of carbonyl (C=O) groups is 2. The van der Waals surface area contributed by atoms with Gasteiger partial charge in [0, 0.05) is 0 Å². The fraction of sp³-hybridized carbons (Fsp3) is 0.300. The summed E-state index contributed by atoms with van der Waals surface area (Å²) in [6, 6.07) is 13.5. The number of nitrogens with zero attached hydrogens (tertiary/aromatic N) is 1. The normalized spacial score (nSPS) is 16.7. The van der Waals surface area contributed by atoms with E-state index in [4.69, 9.17) is 4.74 Å². The molecule has 0 aliphatic carbocycles. The van der Waals surface area contributed by atoms with Gasteiger partial charge in [0.15, 0.2) is 0 Å². The fourth-order valence-corrected chi connectivity index (χ4v) is 2.96. The van der Waals surface area contributed by atoms with Crippen LogP contribution in [0.5, 0.6) is 0 Å². The number of halogens is 1. The van der Waals surface area contributed by atoms with Gasteiger partial charge in [-0.15, -0.1) is 0 Å². The van der Waals surface area contributed by atoms with Crippen LogP contribution in [0.25, 0.3) is 0 Å². The molecule has 0 bridgehead atoms. The zero-order valence-electron chi connectivity index (χ0n) is 14.5. The van der Waals surface area contributed by atoms with Crippen molar-refractivity contribution in [1.82, 2.24) is 0 Å². The minimum atomic E-state index is -0.735. The van der Waals surface area contributed by atoms with Crippen LogP contribution in [-0.2, 0) is 16.0 Å². The molecule has 3 rings (SSSR count). The SMILES string of the molecule is CC(C)(C)OC(=O)N1C(=O)C(Cc2ccccc2)c2cc(F)ccc21. The topological polar surface area (TPSA) is 46.6 Å². The fourth-order valence-electron chi connectivity index (χ4n) is 2.96. The number of benzene rings is 2. The molecule has 0 N–H and O–H groups in total. The van der Waals surface area contributed by atoms with E-state index in [2.05, 4.69) is 0 Å². The van der Waals surface area contributed by atoms with Crippen molar-refractivity contribution in [3.63, 3.8) is 0 Å². The van der Waals surface area contributed by atoms with Crippen molar-refractivity contribution in [3.05, 3.63) is 65.5 Å². The molecule has 1 aliphatic heterocycles. The summed E-state index contributed by atoms with van der Waals surface area (Å²) in [5, 5.41) is 0. The molecule has 1 atom stereocenters. The van der Waals surface area contributed by atoms with Gasteiger partial charge in [0.25, 0.3) is 0 Å². The number of fused-ring (bicyclic) bond motifs is 1. The molecule has 0 saturated carbocycles. The Labute approximate surface area is 146 Å². The van der Waals surface area contributed by atoms with Crippen molar-refractivity contribution in [2.24, 2.45) is 0 Å². The van der Waals surface area contributed by atoms with Crippen LogP contribution < -0.4 is 4.90 Å². The summed E-state index contributed by atoms with van der Waals surface area (Å²) < 4.78 is 19.1. The van der Waals surface area contributed by atoms with E-state index in [0.29, 0.717) is 17.7 Å². The Bertz CT molecular complexity index is 811. The van der Waals surface area contributed by atoms with Crippen molar-refractivity contribution in [2.45, 2.75) is 38.7 Å². The third kappa shape index (κ3) is 3.55. The second-order valence-electron chi connectivity index (χ2n) is 7.10. The molecule has 0 aromatic heterocycles. The van der Waals surface area contributed by atoms with Crippen LogP contribution in [0.15, 0.2) is 48.5 Å². The molecule has 25 heavy (non-hydrogen) atoms. The van der Waals surface area contributed by atoms with Crippen LogP contribution >= 0.6 is 0 Å². The Morgan fingerprint density at radius 3 is 2.48 bits per heavy atom. The van der Waals surface area contributed by atoms with Crippen LogP contribution in [0.4, 0.5) is 14.9 Å². The predicted molar refractivity (Wildman–Crippen MR) is 93.0 cm³/mol. The van der Waals surface area contributed by atoms with E-state index in [1.54, 1.807) is 20.8 Å². The lowest BCUT2D eigenvalue weighted by Crippen LogP contribution is -2.39. The summed E-state index contributed by atoms with van der Waals surface area (Å²) in [4.78, 5) is 26.4. The maximum absolute atomic E-state index is 13.8. The van der Waals surface area contributed by atoms with Gasteiger partial charge in [-0.2, -0.15) is 0 Å². The van der Waals surface area contributed by atoms with E-state index in [1.807, 2.05) is 30.3 Å². The molecule has 1 aliphatic rings. The number of rotatable bonds is 2. The van der Waals surface area contributed by atoms with Gasteiger partial charge in [-0.25, -0.2) is 14.1 Å². The summed E-state index contributed by atoms with van der Waals surface area (Å²) >= 11 is 0. The molecular formula is C20H20FNO3. The second kappa shape index (κ2) is 6.31. The van der Waals surface area contributed by atoms with Gasteiger partial charge in [-0.1, -0.05) is 30.3 Å². The average Bonchev–Trinajstić information content (AvgIpc) is 2.79. The summed E-state index contributed by atoms with van der Waals surface area (Å²) in [6.07, 6.45) is -0.337. The lowest BCUT2D eigenvalue weighted by atomic mass is 9.93. The Hall–Kier alpha value is -2.69. The Morgan fingerprint density at radius 1 is 1.16 bits per heavy atom. The number of carbonyl (C=O) groups excluding carboxylic acids is 2. The Morgan fingerprint density at radius 2 is 1.84 bits per heavy atom. The highest BCUT2D eigenvalue weighted by atomic mass is 19.1.